The molecule has 0 radical (unpaired) electrons. The molecule has 1 N–H and O–H groups in total. The van der Waals surface area contributed by atoms with Gasteiger partial charge in [0.1, 0.15) is 15.9 Å². The first-order chi connectivity index (χ1) is 14.1. The maximum atomic E-state index is 12.3. The van der Waals surface area contributed by atoms with Crippen molar-refractivity contribution in [3.63, 3.8) is 0 Å². The molecular formula is C22H18N2O4S. The fraction of sp³-hybridized carbons (Fsp3) is 0.182. The third kappa shape index (κ3) is 4.46. The lowest BCUT2D eigenvalue weighted by molar-refractivity contribution is -0.124. The Labute approximate surface area is 171 Å². The number of aliphatic imine (C=N–C) groups is 1. The molecule has 2 heterocycles. The van der Waals surface area contributed by atoms with E-state index >= 15 is 0 Å². The van der Waals surface area contributed by atoms with Crippen molar-refractivity contribution in [2.45, 2.75) is 18.1 Å². The lowest BCUT2D eigenvalue weighted by Crippen LogP contribution is -2.29. The Hall–Kier alpha value is -3.19. The van der Waals surface area contributed by atoms with E-state index in [1.165, 1.54) is 0 Å². The van der Waals surface area contributed by atoms with E-state index in [-0.39, 0.29) is 17.9 Å². The number of carbonyl (C=O) groups excluding carboxylic acids is 2. The van der Waals surface area contributed by atoms with Gasteiger partial charge in [-0.3, -0.25) is 9.59 Å². The van der Waals surface area contributed by atoms with Gasteiger partial charge in [0.25, 0.3) is 5.91 Å². The summed E-state index contributed by atoms with van der Waals surface area (Å²) in [7, 11) is 0. The van der Waals surface area contributed by atoms with Crippen LogP contribution in [0.3, 0.4) is 0 Å². The maximum Gasteiger partial charge on any atom is 0.346 e. The topological polar surface area (TPSA) is 88.7 Å². The Morgan fingerprint density at radius 1 is 1.07 bits per heavy atom. The molecule has 1 aromatic heterocycles. The van der Waals surface area contributed by atoms with Gasteiger partial charge in [0.05, 0.1) is 5.56 Å². The van der Waals surface area contributed by atoms with Gasteiger partial charge < -0.3 is 9.73 Å². The van der Waals surface area contributed by atoms with Gasteiger partial charge in [-0.15, -0.1) is 0 Å². The molecule has 0 bridgehead atoms. The molecule has 1 aliphatic rings. The van der Waals surface area contributed by atoms with Gasteiger partial charge >= 0.3 is 5.63 Å². The molecule has 1 unspecified atom stereocenters. The Balaban J connectivity index is 1.37. The first kappa shape index (κ1) is 19.1. The van der Waals surface area contributed by atoms with Crippen LogP contribution in [0.2, 0.25) is 0 Å². The molecule has 4 rings (SSSR count). The van der Waals surface area contributed by atoms with Crippen LogP contribution in [0.25, 0.3) is 11.0 Å². The summed E-state index contributed by atoms with van der Waals surface area (Å²) in [5, 5.41) is 3.25. The smallest absolute Gasteiger partial charge is 0.346 e. The molecule has 3 aromatic rings. The zero-order valence-electron chi connectivity index (χ0n) is 15.5. The molecule has 0 saturated heterocycles. The number of fused-ring (bicyclic) bond motifs is 1. The molecule has 6 nitrogen and oxygen atoms in total. The van der Waals surface area contributed by atoms with Crippen LogP contribution < -0.4 is 10.9 Å². The second-order valence-electron chi connectivity index (χ2n) is 6.64. The molecule has 2 aromatic carbocycles. The number of rotatable bonds is 6. The summed E-state index contributed by atoms with van der Waals surface area (Å²) in [4.78, 5) is 40.7. The average Bonchev–Trinajstić information content (AvgIpc) is 3.08. The third-order valence-corrected chi connectivity index (χ3v) is 5.75. The predicted molar refractivity (Wildman–Crippen MR) is 113 cm³/mol. The fourth-order valence-corrected chi connectivity index (χ4v) is 4.15. The summed E-state index contributed by atoms with van der Waals surface area (Å²) in [5.41, 5.74) is 1.31. The summed E-state index contributed by atoms with van der Waals surface area (Å²) < 4.78 is 5.31. The van der Waals surface area contributed by atoms with E-state index < -0.39 is 16.8 Å². The van der Waals surface area contributed by atoms with Crippen molar-refractivity contribution in [1.29, 1.82) is 0 Å². The van der Waals surface area contributed by atoms with E-state index in [4.69, 9.17) is 4.42 Å². The van der Waals surface area contributed by atoms with Crippen LogP contribution in [-0.2, 0) is 16.0 Å². The number of carbonyl (C=O) groups is 2. The molecule has 0 aliphatic carbocycles. The molecule has 7 heteroatoms. The number of nitrogens with one attached hydrogen (secondary N) is 1. The van der Waals surface area contributed by atoms with Crippen LogP contribution in [0.5, 0.6) is 0 Å². The van der Waals surface area contributed by atoms with E-state index in [0.29, 0.717) is 17.2 Å². The summed E-state index contributed by atoms with van der Waals surface area (Å²) in [6.45, 7) is 0.496. The van der Waals surface area contributed by atoms with E-state index in [1.807, 2.05) is 42.5 Å². The van der Waals surface area contributed by atoms with Crippen molar-refractivity contribution in [3.05, 3.63) is 82.2 Å². The van der Waals surface area contributed by atoms with E-state index in [2.05, 4.69) is 10.3 Å². The van der Waals surface area contributed by atoms with Crippen molar-refractivity contribution in [3.8, 4) is 0 Å². The van der Waals surface area contributed by atoms with Crippen molar-refractivity contribution in [1.82, 2.24) is 5.32 Å². The molecular weight excluding hydrogens is 388 g/mol. The number of hydrogen-bond acceptors (Lipinski definition) is 5. The highest BCUT2D eigenvalue weighted by Crippen LogP contribution is 2.29. The largest absolute Gasteiger partial charge is 0.422 e. The van der Waals surface area contributed by atoms with Gasteiger partial charge in [0, 0.05) is 18.4 Å². The molecule has 1 aliphatic heterocycles. The van der Waals surface area contributed by atoms with Crippen LogP contribution in [-0.4, -0.2) is 28.7 Å². The van der Waals surface area contributed by atoms with Crippen LogP contribution >= 0.6 is 11.8 Å². The van der Waals surface area contributed by atoms with Crippen LogP contribution in [0.4, 0.5) is 0 Å². The number of nitrogens with zero attached hydrogens (tertiary/aromatic N) is 1. The van der Waals surface area contributed by atoms with Crippen molar-refractivity contribution in [2.24, 2.45) is 4.99 Å². The van der Waals surface area contributed by atoms with Crippen molar-refractivity contribution < 1.29 is 14.0 Å². The Morgan fingerprint density at radius 3 is 2.66 bits per heavy atom. The standard InChI is InChI=1S/C22H18N2O4S/c25-19(23-11-10-14-6-2-1-3-7-14)13-18-20(26)24-21(29-18)16-12-15-8-4-5-9-17(15)28-22(16)27/h1-9,12,18H,10-11,13H2,(H,23,25). The van der Waals surface area contributed by atoms with E-state index in [1.54, 1.807) is 18.2 Å². The van der Waals surface area contributed by atoms with Crippen LogP contribution in [0.1, 0.15) is 17.5 Å². The number of benzene rings is 2. The highest BCUT2D eigenvalue weighted by molar-refractivity contribution is 8.16. The molecule has 1 atom stereocenters. The normalized spacial score (nSPS) is 16.1. The number of para-hydroxylation sites is 1. The first-order valence-electron chi connectivity index (χ1n) is 9.23. The van der Waals surface area contributed by atoms with Gasteiger partial charge in [0.2, 0.25) is 5.91 Å². The third-order valence-electron chi connectivity index (χ3n) is 4.56. The van der Waals surface area contributed by atoms with Crippen molar-refractivity contribution >= 4 is 39.6 Å². The monoisotopic (exact) mass is 406 g/mol. The Kier molecular flexibility index (Phi) is 5.57. The Morgan fingerprint density at radius 2 is 1.83 bits per heavy atom. The minimum absolute atomic E-state index is 0.0181. The SMILES string of the molecule is O=C(CC1SC(c2cc3ccccc3oc2=O)=NC1=O)NCCc1ccccc1. The van der Waals surface area contributed by atoms with Gasteiger partial charge in [-0.1, -0.05) is 60.3 Å². The second-order valence-corrected chi connectivity index (χ2v) is 7.83. The van der Waals surface area contributed by atoms with Gasteiger partial charge in [-0.2, -0.15) is 0 Å². The maximum absolute atomic E-state index is 12.3. The summed E-state index contributed by atoms with van der Waals surface area (Å²) >= 11 is 1.13. The van der Waals surface area contributed by atoms with Gasteiger partial charge in [-0.25, -0.2) is 9.79 Å². The lowest BCUT2D eigenvalue weighted by Gasteiger charge is -2.08. The number of amides is 2. The van der Waals surface area contributed by atoms with Crippen LogP contribution in [0.15, 0.2) is 74.9 Å². The molecule has 2 amide bonds. The first-order valence-corrected chi connectivity index (χ1v) is 10.1. The molecule has 146 valence electrons. The summed E-state index contributed by atoms with van der Waals surface area (Å²) in [6.07, 6.45) is 0.739. The summed E-state index contributed by atoms with van der Waals surface area (Å²) in [6, 6.07) is 18.7. The molecule has 0 saturated carbocycles. The zero-order chi connectivity index (χ0) is 20.2. The zero-order valence-corrected chi connectivity index (χ0v) is 16.3. The van der Waals surface area contributed by atoms with E-state index in [0.717, 1.165) is 29.1 Å². The van der Waals surface area contributed by atoms with Crippen molar-refractivity contribution in [2.75, 3.05) is 6.54 Å². The van der Waals surface area contributed by atoms with E-state index in [9.17, 15) is 14.4 Å². The minimum atomic E-state index is -0.632. The average molecular weight is 406 g/mol. The minimum Gasteiger partial charge on any atom is -0.422 e. The Bertz CT molecular complexity index is 1150. The van der Waals surface area contributed by atoms with Gasteiger partial charge in [0.15, 0.2) is 0 Å². The molecule has 0 spiro atoms. The fourth-order valence-electron chi connectivity index (χ4n) is 3.08. The number of hydrogen-bond donors (Lipinski definition) is 1. The molecule has 0 fully saturated rings. The number of thioether (sulfide) groups is 1. The van der Waals surface area contributed by atoms with Gasteiger partial charge in [-0.05, 0) is 24.1 Å². The lowest BCUT2D eigenvalue weighted by atomic mass is 10.1. The second kappa shape index (κ2) is 8.45. The predicted octanol–water partition coefficient (Wildman–Crippen LogP) is 2.93. The molecule has 29 heavy (non-hydrogen) atoms. The van der Waals surface area contributed by atoms with Crippen LogP contribution in [0, 0.1) is 0 Å². The summed E-state index contributed by atoms with van der Waals surface area (Å²) in [5.74, 6) is -0.621. The quantitative estimate of drug-likeness (QED) is 0.636. The highest BCUT2D eigenvalue weighted by atomic mass is 32.2. The highest BCUT2D eigenvalue weighted by Gasteiger charge is 2.32.